The quantitative estimate of drug-likeness (QED) is 0.718. The molecule has 2 aromatic rings. The van der Waals surface area contributed by atoms with Gasteiger partial charge in [0, 0.05) is 32.2 Å². The normalized spacial score (nSPS) is 15.7. The highest BCUT2D eigenvalue weighted by molar-refractivity contribution is 5.77. The Morgan fingerprint density at radius 2 is 2.00 bits per heavy atom. The Bertz CT molecular complexity index is 679. The van der Waals surface area contributed by atoms with Crippen molar-refractivity contribution in [2.75, 3.05) is 56.4 Å². The Morgan fingerprint density at radius 3 is 2.61 bits per heavy atom. The molecule has 1 saturated heterocycles. The number of nitrogens with two attached hydrogens (primary N) is 1. The molecular formula is C15H22N6O2. The number of aromatic nitrogens is 2. The Morgan fingerprint density at radius 1 is 1.26 bits per heavy atom. The molecular weight excluding hydrogens is 296 g/mol. The number of benzene rings is 1. The fourth-order valence-electron chi connectivity index (χ4n) is 2.66. The van der Waals surface area contributed by atoms with Crippen molar-refractivity contribution in [3.8, 4) is 11.5 Å². The number of aromatic hydroxyl groups is 1. The van der Waals surface area contributed by atoms with Crippen molar-refractivity contribution in [2.45, 2.75) is 0 Å². The van der Waals surface area contributed by atoms with Gasteiger partial charge in [-0.1, -0.05) is 0 Å². The molecule has 0 saturated carbocycles. The fraction of sp³-hybridized carbons (Fsp3) is 0.400. The summed E-state index contributed by atoms with van der Waals surface area (Å²) in [4.78, 5) is 5.97. The number of nitrogens with zero attached hydrogens (tertiary/aromatic N) is 4. The van der Waals surface area contributed by atoms with Crippen LogP contribution in [0.2, 0.25) is 0 Å². The molecule has 0 aliphatic carbocycles. The molecule has 8 heteroatoms. The molecule has 0 spiro atoms. The van der Waals surface area contributed by atoms with Crippen LogP contribution < -0.4 is 20.8 Å². The Labute approximate surface area is 135 Å². The van der Waals surface area contributed by atoms with E-state index in [4.69, 9.17) is 10.5 Å². The maximum absolute atomic E-state index is 9.36. The first-order valence-corrected chi connectivity index (χ1v) is 7.48. The minimum atomic E-state index is 0.0819. The van der Waals surface area contributed by atoms with Gasteiger partial charge in [0.1, 0.15) is 11.4 Å². The number of hydrogen-bond donors (Lipinski definition) is 3. The van der Waals surface area contributed by atoms with E-state index in [9.17, 15) is 5.11 Å². The molecule has 4 N–H and O–H groups in total. The van der Waals surface area contributed by atoms with Crippen LogP contribution >= 0.6 is 0 Å². The predicted octanol–water partition coefficient (Wildman–Crippen LogP) is 0.806. The van der Waals surface area contributed by atoms with Crippen molar-refractivity contribution < 1.29 is 9.84 Å². The van der Waals surface area contributed by atoms with Crippen molar-refractivity contribution >= 4 is 17.1 Å². The lowest BCUT2D eigenvalue weighted by molar-refractivity contribution is 0.313. The molecule has 1 aromatic heterocycles. The highest BCUT2D eigenvalue weighted by atomic mass is 16.5. The molecule has 23 heavy (non-hydrogen) atoms. The highest BCUT2D eigenvalue weighted by Crippen LogP contribution is 2.35. The summed E-state index contributed by atoms with van der Waals surface area (Å²) in [6, 6.07) is 3.76. The second-order valence-corrected chi connectivity index (χ2v) is 5.66. The zero-order valence-corrected chi connectivity index (χ0v) is 13.4. The number of likely N-dealkylation sites (N-methyl/N-ethyl adjacent to an activating group) is 1. The molecule has 0 radical (unpaired) electrons. The van der Waals surface area contributed by atoms with Crippen LogP contribution in [0.4, 0.5) is 17.1 Å². The van der Waals surface area contributed by atoms with Gasteiger partial charge in [-0.05, 0) is 13.1 Å². The number of anilines is 3. The minimum absolute atomic E-state index is 0.0819. The number of nitrogen functional groups attached to an aromatic ring is 1. The fourth-order valence-corrected chi connectivity index (χ4v) is 2.66. The van der Waals surface area contributed by atoms with Gasteiger partial charge in [0.05, 0.1) is 30.9 Å². The van der Waals surface area contributed by atoms with Gasteiger partial charge in [-0.3, -0.25) is 5.43 Å². The summed E-state index contributed by atoms with van der Waals surface area (Å²) in [6.45, 7) is 3.88. The van der Waals surface area contributed by atoms with Crippen molar-refractivity contribution in [1.29, 1.82) is 0 Å². The molecule has 3 rings (SSSR count). The number of methoxy groups -OCH3 is 1. The highest BCUT2D eigenvalue weighted by Gasteiger charge is 2.18. The van der Waals surface area contributed by atoms with E-state index in [1.54, 1.807) is 7.11 Å². The number of nitrogens with one attached hydrogen (secondary N) is 1. The summed E-state index contributed by atoms with van der Waals surface area (Å²) in [5.74, 6) is 0.751. The zero-order chi connectivity index (χ0) is 16.4. The van der Waals surface area contributed by atoms with Crippen LogP contribution in [0.1, 0.15) is 0 Å². The number of piperazine rings is 1. The smallest absolute Gasteiger partial charge is 0.155 e. The van der Waals surface area contributed by atoms with E-state index in [-0.39, 0.29) is 5.75 Å². The predicted molar refractivity (Wildman–Crippen MR) is 90.0 cm³/mol. The van der Waals surface area contributed by atoms with E-state index < -0.39 is 0 Å². The van der Waals surface area contributed by atoms with Crippen molar-refractivity contribution in [3.05, 3.63) is 24.5 Å². The summed E-state index contributed by atoms with van der Waals surface area (Å²) < 4.78 is 5.47. The van der Waals surface area contributed by atoms with Gasteiger partial charge in [-0.25, -0.2) is 0 Å². The molecule has 8 nitrogen and oxygen atoms in total. The second kappa shape index (κ2) is 6.25. The third kappa shape index (κ3) is 3.26. The lowest BCUT2D eigenvalue weighted by atomic mass is 10.2. The Balaban J connectivity index is 1.86. The van der Waals surface area contributed by atoms with Crippen molar-refractivity contribution in [1.82, 2.24) is 14.8 Å². The summed E-state index contributed by atoms with van der Waals surface area (Å²) in [5.41, 5.74) is 11.6. The third-order valence-electron chi connectivity index (χ3n) is 4.00. The van der Waals surface area contributed by atoms with Crippen LogP contribution in [0, 0.1) is 0 Å². The number of ether oxygens (including phenoxy) is 1. The van der Waals surface area contributed by atoms with Gasteiger partial charge in [0.15, 0.2) is 5.75 Å². The topological polar surface area (TPSA) is 91.8 Å². The van der Waals surface area contributed by atoms with E-state index in [0.717, 1.165) is 31.9 Å². The molecule has 0 bridgehead atoms. The van der Waals surface area contributed by atoms with Crippen LogP contribution in [-0.2, 0) is 0 Å². The van der Waals surface area contributed by atoms with E-state index in [1.165, 1.54) is 17.2 Å². The summed E-state index contributed by atoms with van der Waals surface area (Å²) in [6.07, 6.45) is 2.81. The van der Waals surface area contributed by atoms with Gasteiger partial charge in [0.25, 0.3) is 0 Å². The second-order valence-electron chi connectivity index (χ2n) is 5.66. The van der Waals surface area contributed by atoms with E-state index in [2.05, 4.69) is 27.4 Å². The van der Waals surface area contributed by atoms with Crippen LogP contribution in [0.15, 0.2) is 24.5 Å². The molecule has 1 aliphatic rings. The van der Waals surface area contributed by atoms with Crippen LogP contribution in [0.3, 0.4) is 0 Å². The first kappa shape index (κ1) is 15.3. The molecule has 1 aliphatic heterocycles. The van der Waals surface area contributed by atoms with Crippen LogP contribution in [0.5, 0.6) is 11.5 Å². The summed E-state index contributed by atoms with van der Waals surface area (Å²) in [5, 5.41) is 13.3. The number of hydrogen-bond acceptors (Lipinski definition) is 7. The molecule has 0 amide bonds. The van der Waals surface area contributed by atoms with Crippen LogP contribution in [-0.4, -0.2) is 60.2 Å². The standard InChI is InChI=1S/C15H22N6O2/c1-19-3-5-20(6-4-19)14-8-15(23-2)13(7-12(14)16)18-21-10-11(22)9-17-21/h7-10,18,22H,3-6,16H2,1-2H3. The molecule has 2 heterocycles. The Kier molecular flexibility index (Phi) is 4.16. The first-order valence-electron chi connectivity index (χ1n) is 7.48. The maximum Gasteiger partial charge on any atom is 0.155 e. The van der Waals surface area contributed by atoms with Crippen molar-refractivity contribution in [2.24, 2.45) is 0 Å². The van der Waals surface area contributed by atoms with Gasteiger partial charge in [0.2, 0.25) is 0 Å². The van der Waals surface area contributed by atoms with Gasteiger partial charge in [-0.15, -0.1) is 0 Å². The SMILES string of the molecule is COc1cc(N2CCN(C)CC2)c(N)cc1Nn1cc(O)cn1. The van der Waals surface area contributed by atoms with Gasteiger partial charge < -0.3 is 25.4 Å². The lowest BCUT2D eigenvalue weighted by Gasteiger charge is -2.35. The monoisotopic (exact) mass is 318 g/mol. The molecule has 0 unspecified atom stereocenters. The first-order chi connectivity index (χ1) is 11.1. The molecule has 1 aromatic carbocycles. The van der Waals surface area contributed by atoms with Gasteiger partial charge in [-0.2, -0.15) is 9.89 Å². The van der Waals surface area contributed by atoms with Gasteiger partial charge >= 0.3 is 0 Å². The Hall–Kier alpha value is -2.61. The zero-order valence-electron chi connectivity index (χ0n) is 13.4. The largest absolute Gasteiger partial charge is 0.505 e. The average Bonchev–Trinajstić information content (AvgIpc) is 2.94. The van der Waals surface area contributed by atoms with E-state index in [0.29, 0.717) is 17.1 Å². The molecule has 1 fully saturated rings. The molecule has 124 valence electrons. The van der Waals surface area contributed by atoms with Crippen molar-refractivity contribution in [3.63, 3.8) is 0 Å². The summed E-state index contributed by atoms with van der Waals surface area (Å²) >= 11 is 0. The summed E-state index contributed by atoms with van der Waals surface area (Å²) in [7, 11) is 3.73. The lowest BCUT2D eigenvalue weighted by Crippen LogP contribution is -2.44. The minimum Gasteiger partial charge on any atom is -0.505 e. The average molecular weight is 318 g/mol. The molecule has 0 atom stereocenters. The van der Waals surface area contributed by atoms with E-state index in [1.807, 2.05) is 12.1 Å². The van der Waals surface area contributed by atoms with Crippen LogP contribution in [0.25, 0.3) is 0 Å². The number of rotatable bonds is 4. The van der Waals surface area contributed by atoms with E-state index >= 15 is 0 Å². The maximum atomic E-state index is 9.36. The third-order valence-corrected chi connectivity index (χ3v) is 4.00.